The summed E-state index contributed by atoms with van der Waals surface area (Å²) in [5.74, 6) is 0.370. The number of aliphatic hydroxyl groups is 2. The summed E-state index contributed by atoms with van der Waals surface area (Å²) in [4.78, 5) is 4.15. The molecule has 32 heavy (non-hydrogen) atoms. The fourth-order valence-electron chi connectivity index (χ4n) is 4.40. The first-order chi connectivity index (χ1) is 15.3. The minimum absolute atomic E-state index is 0.0803. The number of anilines is 1. The van der Waals surface area contributed by atoms with E-state index in [-0.39, 0.29) is 19.0 Å². The van der Waals surface area contributed by atoms with Gasteiger partial charge in [-0.2, -0.15) is 0 Å². The van der Waals surface area contributed by atoms with E-state index < -0.39 is 11.2 Å². The predicted molar refractivity (Wildman–Crippen MR) is 122 cm³/mol. The van der Waals surface area contributed by atoms with Crippen molar-refractivity contribution in [3.05, 3.63) is 59.4 Å². The van der Waals surface area contributed by atoms with Gasteiger partial charge in [0.15, 0.2) is 0 Å². The summed E-state index contributed by atoms with van der Waals surface area (Å²) in [7, 11) is 0. The van der Waals surface area contributed by atoms with Crippen LogP contribution >= 0.6 is 11.6 Å². The lowest BCUT2D eigenvalue weighted by Gasteiger charge is -2.42. The lowest BCUT2D eigenvalue weighted by Crippen LogP contribution is -2.55. The number of benzene rings is 2. The molecule has 0 spiro atoms. The predicted octanol–water partition coefficient (Wildman–Crippen LogP) is 2.95. The van der Waals surface area contributed by atoms with Crippen molar-refractivity contribution in [2.24, 2.45) is 0 Å². The first-order valence-electron chi connectivity index (χ1n) is 11.0. The average molecular weight is 465 g/mol. The van der Waals surface area contributed by atoms with Crippen LogP contribution in [0.5, 0.6) is 5.75 Å². The summed E-state index contributed by atoms with van der Waals surface area (Å²) in [6.45, 7) is 3.43. The molecule has 2 saturated heterocycles. The second-order valence-electron chi connectivity index (χ2n) is 8.92. The van der Waals surface area contributed by atoms with Gasteiger partial charge < -0.3 is 24.6 Å². The highest BCUT2D eigenvalue weighted by Gasteiger charge is 2.39. The van der Waals surface area contributed by atoms with Crippen molar-refractivity contribution < 1.29 is 24.1 Å². The second kappa shape index (κ2) is 9.93. The third-order valence-corrected chi connectivity index (χ3v) is 6.40. The Morgan fingerprint density at radius 1 is 1.03 bits per heavy atom. The van der Waals surface area contributed by atoms with E-state index in [1.54, 1.807) is 30.3 Å². The van der Waals surface area contributed by atoms with Gasteiger partial charge in [-0.1, -0.05) is 17.7 Å². The van der Waals surface area contributed by atoms with Crippen LogP contribution in [-0.2, 0) is 4.74 Å². The van der Waals surface area contributed by atoms with Crippen LogP contribution in [0.1, 0.15) is 12.8 Å². The van der Waals surface area contributed by atoms with Gasteiger partial charge in [0.25, 0.3) is 0 Å². The van der Waals surface area contributed by atoms with E-state index in [0.717, 1.165) is 5.69 Å². The van der Waals surface area contributed by atoms with E-state index in [0.29, 0.717) is 62.9 Å². The Balaban J connectivity index is 1.33. The van der Waals surface area contributed by atoms with Gasteiger partial charge >= 0.3 is 0 Å². The van der Waals surface area contributed by atoms with Gasteiger partial charge in [-0.15, -0.1) is 0 Å². The molecule has 2 aliphatic heterocycles. The summed E-state index contributed by atoms with van der Waals surface area (Å²) in [6.07, 6.45) is 1.14. The lowest BCUT2D eigenvalue weighted by molar-refractivity contribution is -0.0742. The van der Waals surface area contributed by atoms with Crippen molar-refractivity contribution >= 4 is 17.3 Å². The third kappa shape index (κ3) is 6.11. The van der Waals surface area contributed by atoms with E-state index in [1.165, 1.54) is 12.1 Å². The third-order valence-electron chi connectivity index (χ3n) is 6.15. The van der Waals surface area contributed by atoms with Gasteiger partial charge in [-0.05, 0) is 55.3 Å². The molecule has 2 aliphatic rings. The van der Waals surface area contributed by atoms with Crippen molar-refractivity contribution in [1.82, 2.24) is 4.90 Å². The number of hydrogen-bond acceptors (Lipinski definition) is 6. The fourth-order valence-corrected chi connectivity index (χ4v) is 4.52. The van der Waals surface area contributed by atoms with Gasteiger partial charge in [-0.25, -0.2) is 4.39 Å². The Kier molecular flexibility index (Phi) is 7.22. The molecule has 0 saturated carbocycles. The quantitative estimate of drug-likeness (QED) is 0.685. The minimum Gasteiger partial charge on any atom is -0.490 e. The molecule has 174 valence electrons. The largest absolute Gasteiger partial charge is 0.490 e. The van der Waals surface area contributed by atoms with Gasteiger partial charge in [0.2, 0.25) is 0 Å². The highest BCUT2D eigenvalue weighted by molar-refractivity contribution is 6.30. The molecule has 1 atom stereocenters. The molecule has 0 radical (unpaired) electrons. The fraction of sp³-hybridized carbons (Fsp3) is 0.500. The minimum atomic E-state index is -1.19. The maximum atomic E-state index is 13.5. The van der Waals surface area contributed by atoms with Crippen LogP contribution in [0.25, 0.3) is 0 Å². The zero-order valence-corrected chi connectivity index (χ0v) is 18.8. The number of nitrogens with zero attached hydrogens (tertiary/aromatic N) is 2. The molecule has 6 nitrogen and oxygen atoms in total. The summed E-state index contributed by atoms with van der Waals surface area (Å²) in [6, 6.07) is 13.5. The van der Waals surface area contributed by atoms with E-state index >= 15 is 0 Å². The first kappa shape index (κ1) is 23.3. The summed E-state index contributed by atoms with van der Waals surface area (Å²) in [5.41, 5.74) is -1.22. The Labute approximate surface area is 193 Å². The smallest absolute Gasteiger partial charge is 0.134 e. The van der Waals surface area contributed by atoms with Crippen LogP contribution in [0.4, 0.5) is 10.1 Å². The van der Waals surface area contributed by atoms with Crippen LogP contribution in [0.15, 0.2) is 48.5 Å². The Morgan fingerprint density at radius 2 is 1.78 bits per heavy atom. The number of piperidine rings is 1. The summed E-state index contributed by atoms with van der Waals surface area (Å²) >= 11 is 5.91. The molecule has 2 aromatic carbocycles. The number of ether oxygens (including phenoxy) is 2. The number of hydrogen-bond donors (Lipinski definition) is 2. The number of β-amino-alcohol motifs (C(OH)–C–C–N with tert-alkyl or cyclic N) is 2. The topological polar surface area (TPSA) is 65.4 Å². The van der Waals surface area contributed by atoms with Crippen molar-refractivity contribution in [2.75, 3.05) is 57.4 Å². The van der Waals surface area contributed by atoms with Crippen molar-refractivity contribution in [1.29, 1.82) is 0 Å². The molecular formula is C24H30ClFN2O4. The van der Waals surface area contributed by atoms with Crippen LogP contribution in [0, 0.1) is 5.82 Å². The molecule has 2 aromatic rings. The highest BCUT2D eigenvalue weighted by atomic mass is 35.5. The van der Waals surface area contributed by atoms with E-state index in [4.69, 9.17) is 21.1 Å². The Bertz CT molecular complexity index is 892. The van der Waals surface area contributed by atoms with E-state index in [1.807, 2.05) is 6.07 Å². The van der Waals surface area contributed by atoms with Crippen LogP contribution in [0.3, 0.4) is 0 Å². The highest BCUT2D eigenvalue weighted by Crippen LogP contribution is 2.28. The van der Waals surface area contributed by atoms with Gasteiger partial charge in [-0.3, -0.25) is 4.90 Å². The van der Waals surface area contributed by atoms with E-state index in [2.05, 4.69) is 9.80 Å². The molecule has 2 fully saturated rings. The summed E-state index contributed by atoms with van der Waals surface area (Å²) < 4.78 is 25.0. The van der Waals surface area contributed by atoms with Gasteiger partial charge in [0.05, 0.1) is 18.8 Å². The molecule has 0 aromatic heterocycles. The summed E-state index contributed by atoms with van der Waals surface area (Å²) in [5, 5.41) is 23.0. The standard InChI is InChI=1S/C24H30ClFN2O4/c25-19-4-6-22(7-5-19)32-18-24(30)16-27(12-13-31-17-24)15-23(29)8-10-28(11-9-23)21-3-1-2-20(26)14-21/h1-7,14,29-30H,8-13,15-18H2/t24-/m1/s1. The number of rotatable bonds is 6. The van der Waals surface area contributed by atoms with Gasteiger partial charge in [0.1, 0.15) is 23.8 Å². The zero-order valence-electron chi connectivity index (χ0n) is 18.1. The van der Waals surface area contributed by atoms with Crippen LogP contribution in [-0.4, -0.2) is 78.9 Å². The maximum Gasteiger partial charge on any atom is 0.134 e. The maximum absolute atomic E-state index is 13.5. The van der Waals surface area contributed by atoms with Gasteiger partial charge in [0, 0.05) is 43.4 Å². The molecule has 0 bridgehead atoms. The molecule has 8 heteroatoms. The SMILES string of the molecule is OC1(CN2CCOC[C@@](O)(COc3ccc(Cl)cc3)C2)CCN(c2cccc(F)c2)CC1. The molecule has 0 amide bonds. The monoisotopic (exact) mass is 464 g/mol. The molecule has 2 heterocycles. The zero-order chi connectivity index (χ0) is 22.6. The lowest BCUT2D eigenvalue weighted by atomic mass is 9.90. The van der Waals surface area contributed by atoms with E-state index in [9.17, 15) is 14.6 Å². The van der Waals surface area contributed by atoms with Crippen molar-refractivity contribution in [3.63, 3.8) is 0 Å². The Hall–Kier alpha value is -1.90. The van der Waals surface area contributed by atoms with Crippen molar-refractivity contribution in [2.45, 2.75) is 24.0 Å². The molecule has 0 unspecified atom stereocenters. The second-order valence-corrected chi connectivity index (χ2v) is 9.36. The first-order valence-corrected chi connectivity index (χ1v) is 11.3. The molecule has 0 aliphatic carbocycles. The average Bonchev–Trinajstić information content (AvgIpc) is 2.95. The Morgan fingerprint density at radius 3 is 2.50 bits per heavy atom. The van der Waals surface area contributed by atoms with Crippen LogP contribution < -0.4 is 9.64 Å². The van der Waals surface area contributed by atoms with Crippen LogP contribution in [0.2, 0.25) is 5.02 Å². The number of halogens is 2. The van der Waals surface area contributed by atoms with Crippen molar-refractivity contribution in [3.8, 4) is 5.75 Å². The molecule has 4 rings (SSSR count). The normalized spacial score (nSPS) is 24.2. The molecule has 2 N–H and O–H groups in total. The molecular weight excluding hydrogens is 435 g/mol.